The number of hydrogen-bond donors (Lipinski definition) is 2. The highest BCUT2D eigenvalue weighted by molar-refractivity contribution is 6.30. The molecule has 0 saturated heterocycles. The van der Waals surface area contributed by atoms with Crippen LogP contribution in [-0.2, 0) is 11.2 Å². The van der Waals surface area contributed by atoms with Gasteiger partial charge in [0, 0.05) is 11.8 Å². The van der Waals surface area contributed by atoms with Crippen molar-refractivity contribution in [3.05, 3.63) is 58.5 Å². The number of hydrogen-bond acceptors (Lipinski definition) is 3. The van der Waals surface area contributed by atoms with Crippen molar-refractivity contribution in [2.75, 3.05) is 5.32 Å². The summed E-state index contributed by atoms with van der Waals surface area (Å²) < 4.78 is 13.7. The number of nitrogens with zero attached hydrogens (tertiary/aromatic N) is 1. The van der Waals surface area contributed by atoms with Gasteiger partial charge in [0.05, 0.1) is 17.0 Å². The molecule has 0 aliphatic rings. The minimum atomic E-state index is -1.29. The lowest BCUT2D eigenvalue weighted by atomic mass is 10.0. The number of anilines is 1. The Hall–Kier alpha value is -2.47. The number of carbonyl (C=O) groups excluding carboxylic acids is 1. The number of aromatic nitrogens is 1. The summed E-state index contributed by atoms with van der Waals surface area (Å²) in [6, 6.07) is 6.65. The summed E-state index contributed by atoms with van der Waals surface area (Å²) in [7, 11) is 0. The maximum absolute atomic E-state index is 13.7. The van der Waals surface area contributed by atoms with Crippen LogP contribution in [0.2, 0.25) is 5.02 Å². The smallest absolute Gasteiger partial charge is 0.336 e. The number of carboxylic acid groups (broad SMARTS) is 1. The van der Waals surface area contributed by atoms with Gasteiger partial charge in [0.2, 0.25) is 5.91 Å². The maximum Gasteiger partial charge on any atom is 0.336 e. The molecule has 108 valence electrons. The van der Waals surface area contributed by atoms with Crippen LogP contribution in [0.15, 0.2) is 36.5 Å². The SMILES string of the molecule is O=C(Cc1c(F)cccc1C(=O)O)Nc1ccc(Cl)cn1. The topological polar surface area (TPSA) is 79.3 Å². The van der Waals surface area contributed by atoms with E-state index >= 15 is 0 Å². The zero-order valence-corrected chi connectivity index (χ0v) is 11.4. The first-order valence-electron chi connectivity index (χ1n) is 5.89. The summed E-state index contributed by atoms with van der Waals surface area (Å²) in [6.07, 6.45) is 0.946. The summed E-state index contributed by atoms with van der Waals surface area (Å²) in [4.78, 5) is 26.7. The lowest BCUT2D eigenvalue weighted by molar-refractivity contribution is -0.115. The Labute approximate surface area is 124 Å². The van der Waals surface area contributed by atoms with Gasteiger partial charge in [0.15, 0.2) is 0 Å². The Morgan fingerprint density at radius 2 is 2.05 bits per heavy atom. The van der Waals surface area contributed by atoms with Crippen LogP contribution in [0.4, 0.5) is 10.2 Å². The molecule has 2 rings (SSSR count). The van der Waals surface area contributed by atoms with Crippen LogP contribution in [0.5, 0.6) is 0 Å². The fraction of sp³-hybridized carbons (Fsp3) is 0.0714. The van der Waals surface area contributed by atoms with E-state index in [1.165, 1.54) is 30.5 Å². The van der Waals surface area contributed by atoms with Gasteiger partial charge in [-0.15, -0.1) is 0 Å². The Balaban J connectivity index is 2.16. The van der Waals surface area contributed by atoms with Crippen molar-refractivity contribution < 1.29 is 19.1 Å². The second-order valence-electron chi connectivity index (χ2n) is 4.16. The highest BCUT2D eigenvalue weighted by Crippen LogP contribution is 2.16. The monoisotopic (exact) mass is 308 g/mol. The van der Waals surface area contributed by atoms with E-state index in [-0.39, 0.29) is 16.9 Å². The molecule has 0 spiro atoms. The van der Waals surface area contributed by atoms with Crippen LogP contribution in [0.25, 0.3) is 0 Å². The molecule has 5 nitrogen and oxygen atoms in total. The Bertz CT molecular complexity index is 689. The predicted octanol–water partition coefficient (Wildman–Crippen LogP) is 2.75. The second kappa shape index (κ2) is 6.32. The minimum absolute atomic E-state index is 0.170. The molecule has 1 amide bonds. The lowest BCUT2D eigenvalue weighted by Gasteiger charge is -2.08. The number of benzene rings is 1. The molecule has 2 N–H and O–H groups in total. The number of aromatic carboxylic acids is 1. The molecular weight excluding hydrogens is 299 g/mol. The average molecular weight is 309 g/mol. The summed E-state index contributed by atoms with van der Waals surface area (Å²) in [5.41, 5.74) is -0.411. The third-order valence-electron chi connectivity index (χ3n) is 2.68. The van der Waals surface area contributed by atoms with E-state index in [0.717, 1.165) is 6.07 Å². The highest BCUT2D eigenvalue weighted by atomic mass is 35.5. The van der Waals surface area contributed by atoms with Crippen molar-refractivity contribution >= 4 is 29.3 Å². The van der Waals surface area contributed by atoms with Crippen molar-refractivity contribution in [1.29, 1.82) is 0 Å². The van der Waals surface area contributed by atoms with Gasteiger partial charge in [-0.1, -0.05) is 17.7 Å². The standard InChI is InChI=1S/C14H10ClFN2O3/c15-8-4-5-12(17-7-8)18-13(19)6-10-9(14(20)21)2-1-3-11(10)16/h1-5,7H,6H2,(H,20,21)(H,17,18,19). The molecule has 7 heteroatoms. The molecule has 1 aromatic heterocycles. The third-order valence-corrected chi connectivity index (χ3v) is 2.91. The van der Waals surface area contributed by atoms with Gasteiger partial charge in [-0.25, -0.2) is 14.2 Å². The molecule has 0 fully saturated rings. The molecular formula is C14H10ClFN2O3. The third kappa shape index (κ3) is 3.76. The largest absolute Gasteiger partial charge is 0.478 e. The first-order valence-corrected chi connectivity index (χ1v) is 6.27. The lowest BCUT2D eigenvalue weighted by Crippen LogP contribution is -2.18. The van der Waals surface area contributed by atoms with Crippen LogP contribution >= 0.6 is 11.6 Å². The summed E-state index contributed by atoms with van der Waals surface area (Å²) in [5, 5.41) is 11.9. The number of nitrogens with one attached hydrogen (secondary N) is 1. The van der Waals surface area contributed by atoms with Gasteiger partial charge in [0.25, 0.3) is 0 Å². The molecule has 1 heterocycles. The van der Waals surface area contributed by atoms with Gasteiger partial charge < -0.3 is 10.4 Å². The van der Waals surface area contributed by atoms with Crippen molar-refractivity contribution in [2.24, 2.45) is 0 Å². The normalized spacial score (nSPS) is 10.2. The Morgan fingerprint density at radius 3 is 2.67 bits per heavy atom. The number of carboxylic acids is 1. The summed E-state index contributed by atoms with van der Waals surface area (Å²) in [6.45, 7) is 0. The molecule has 0 atom stereocenters. The molecule has 21 heavy (non-hydrogen) atoms. The van der Waals surface area contributed by atoms with Crippen molar-refractivity contribution in [1.82, 2.24) is 4.98 Å². The van der Waals surface area contributed by atoms with E-state index in [1.807, 2.05) is 0 Å². The zero-order valence-electron chi connectivity index (χ0n) is 10.6. The Kier molecular flexibility index (Phi) is 4.49. The molecule has 1 aromatic carbocycles. The molecule has 2 aromatic rings. The van der Waals surface area contributed by atoms with Crippen molar-refractivity contribution in [3.8, 4) is 0 Å². The molecule has 0 radical (unpaired) electrons. The molecule has 0 aliphatic carbocycles. The molecule has 0 unspecified atom stereocenters. The number of pyridine rings is 1. The second-order valence-corrected chi connectivity index (χ2v) is 4.59. The van der Waals surface area contributed by atoms with Crippen LogP contribution in [-0.4, -0.2) is 22.0 Å². The highest BCUT2D eigenvalue weighted by Gasteiger charge is 2.17. The van der Waals surface area contributed by atoms with E-state index < -0.39 is 24.1 Å². The van der Waals surface area contributed by atoms with Gasteiger partial charge in [-0.3, -0.25) is 4.79 Å². The Morgan fingerprint density at radius 1 is 1.29 bits per heavy atom. The summed E-state index contributed by atoms with van der Waals surface area (Å²) in [5.74, 6) is -2.36. The zero-order chi connectivity index (χ0) is 15.4. The maximum atomic E-state index is 13.7. The van der Waals surface area contributed by atoms with Crippen LogP contribution in [0.1, 0.15) is 15.9 Å². The van der Waals surface area contributed by atoms with Gasteiger partial charge in [0.1, 0.15) is 11.6 Å². The van der Waals surface area contributed by atoms with Gasteiger partial charge >= 0.3 is 5.97 Å². The fourth-order valence-corrected chi connectivity index (χ4v) is 1.85. The van der Waals surface area contributed by atoms with Crippen LogP contribution < -0.4 is 5.32 Å². The van der Waals surface area contributed by atoms with E-state index in [1.54, 1.807) is 0 Å². The predicted molar refractivity (Wildman–Crippen MR) is 74.9 cm³/mol. The average Bonchev–Trinajstić information content (AvgIpc) is 2.43. The molecule has 0 saturated carbocycles. The molecule has 0 bridgehead atoms. The van der Waals surface area contributed by atoms with E-state index in [0.29, 0.717) is 5.02 Å². The van der Waals surface area contributed by atoms with E-state index in [2.05, 4.69) is 10.3 Å². The van der Waals surface area contributed by atoms with E-state index in [4.69, 9.17) is 16.7 Å². The number of amides is 1. The van der Waals surface area contributed by atoms with Crippen LogP contribution in [0.3, 0.4) is 0 Å². The number of rotatable bonds is 4. The van der Waals surface area contributed by atoms with E-state index in [9.17, 15) is 14.0 Å². The molecule has 0 aliphatic heterocycles. The quantitative estimate of drug-likeness (QED) is 0.910. The van der Waals surface area contributed by atoms with Crippen molar-refractivity contribution in [3.63, 3.8) is 0 Å². The first-order chi connectivity index (χ1) is 9.97. The number of carbonyl (C=O) groups is 2. The van der Waals surface area contributed by atoms with Gasteiger partial charge in [-0.05, 0) is 24.3 Å². The van der Waals surface area contributed by atoms with Gasteiger partial charge in [-0.2, -0.15) is 0 Å². The fourth-order valence-electron chi connectivity index (χ4n) is 1.74. The van der Waals surface area contributed by atoms with Crippen molar-refractivity contribution in [2.45, 2.75) is 6.42 Å². The summed E-state index contributed by atoms with van der Waals surface area (Å²) >= 11 is 5.66. The van der Waals surface area contributed by atoms with Crippen LogP contribution in [0, 0.1) is 5.82 Å². The number of halogens is 2. The minimum Gasteiger partial charge on any atom is -0.478 e. The first kappa shape index (κ1) is 14.9.